The number of hydrogen-bond acceptors (Lipinski definition) is 3. The van der Waals surface area contributed by atoms with Crippen LogP contribution in [0.25, 0.3) is 0 Å². The second-order valence-corrected chi connectivity index (χ2v) is 8.39. The van der Waals surface area contributed by atoms with Gasteiger partial charge in [-0.3, -0.25) is 14.4 Å². The van der Waals surface area contributed by atoms with Crippen LogP contribution in [-0.4, -0.2) is 27.7 Å². The van der Waals surface area contributed by atoms with Gasteiger partial charge >= 0.3 is 0 Å². The molecule has 1 saturated heterocycles. The monoisotopic (exact) mass is 424 g/mol. The van der Waals surface area contributed by atoms with Crippen molar-refractivity contribution in [3.05, 3.63) is 82.6 Å². The standard InChI is InChI=1S/C23H18ClFN2O3/c24-17-9-7-13(8-10-17)21(28)26(12-16-3-1-2-4-18(16)25)27-22(29)19-14-5-6-15(11-14)20(19)23(27)30/h1-10,14-15,19-20H,11-12H2/t14-,15-,19-,20-/m0/s1. The molecule has 0 radical (unpaired) electrons. The molecule has 3 aliphatic rings. The molecule has 2 bridgehead atoms. The van der Waals surface area contributed by atoms with E-state index in [0.717, 1.165) is 16.4 Å². The van der Waals surface area contributed by atoms with E-state index in [1.165, 1.54) is 24.3 Å². The van der Waals surface area contributed by atoms with E-state index in [1.807, 2.05) is 12.2 Å². The van der Waals surface area contributed by atoms with Gasteiger partial charge in [0.05, 0.1) is 18.4 Å². The quantitative estimate of drug-likeness (QED) is 0.553. The van der Waals surface area contributed by atoms with Gasteiger partial charge in [-0.15, -0.1) is 0 Å². The van der Waals surface area contributed by atoms with Crippen LogP contribution in [0.15, 0.2) is 60.7 Å². The van der Waals surface area contributed by atoms with E-state index >= 15 is 0 Å². The minimum absolute atomic E-state index is 0.0161. The minimum atomic E-state index is -0.558. The lowest BCUT2D eigenvalue weighted by molar-refractivity contribution is -0.156. The molecule has 0 spiro atoms. The van der Waals surface area contributed by atoms with Crippen LogP contribution in [-0.2, 0) is 16.1 Å². The number of halogens is 2. The molecule has 30 heavy (non-hydrogen) atoms. The normalized spacial score (nSPS) is 26.4. The van der Waals surface area contributed by atoms with Crippen molar-refractivity contribution in [3.63, 3.8) is 0 Å². The molecule has 2 fully saturated rings. The molecule has 7 heteroatoms. The Morgan fingerprint density at radius 2 is 1.60 bits per heavy atom. The van der Waals surface area contributed by atoms with Crippen LogP contribution in [0.3, 0.4) is 0 Å². The SMILES string of the molecule is O=C(c1ccc(Cl)cc1)N(Cc1ccccc1F)N1C(=O)[C@@H]2[C@@H](C1=O)[C@H]1C=C[C@H]2C1. The highest BCUT2D eigenvalue weighted by atomic mass is 35.5. The number of benzene rings is 2. The summed E-state index contributed by atoms with van der Waals surface area (Å²) in [6.07, 6.45) is 4.77. The van der Waals surface area contributed by atoms with E-state index in [9.17, 15) is 18.8 Å². The Balaban J connectivity index is 1.53. The van der Waals surface area contributed by atoms with Crippen molar-refractivity contribution in [1.29, 1.82) is 0 Å². The third-order valence-corrected chi connectivity index (χ3v) is 6.54. The maximum atomic E-state index is 14.4. The number of amides is 3. The number of allylic oxidation sites excluding steroid dienone is 2. The van der Waals surface area contributed by atoms with E-state index in [4.69, 9.17) is 11.6 Å². The molecule has 4 atom stereocenters. The third-order valence-electron chi connectivity index (χ3n) is 6.29. The summed E-state index contributed by atoms with van der Waals surface area (Å²) in [6, 6.07) is 12.2. The van der Waals surface area contributed by atoms with Gasteiger partial charge in [0.15, 0.2) is 0 Å². The van der Waals surface area contributed by atoms with Crippen molar-refractivity contribution in [1.82, 2.24) is 10.0 Å². The largest absolute Gasteiger partial charge is 0.273 e. The zero-order valence-electron chi connectivity index (χ0n) is 15.9. The van der Waals surface area contributed by atoms with Gasteiger partial charge in [0.1, 0.15) is 5.82 Å². The molecule has 2 aromatic carbocycles. The summed E-state index contributed by atoms with van der Waals surface area (Å²) in [6.45, 7) is -0.228. The van der Waals surface area contributed by atoms with E-state index in [-0.39, 0.29) is 41.3 Å². The number of rotatable bonds is 4. The van der Waals surface area contributed by atoms with Gasteiger partial charge in [-0.05, 0) is 48.6 Å². The van der Waals surface area contributed by atoms with Crippen molar-refractivity contribution in [2.75, 3.05) is 0 Å². The van der Waals surface area contributed by atoms with Crippen LogP contribution in [0.1, 0.15) is 22.3 Å². The molecular weight excluding hydrogens is 407 g/mol. The Morgan fingerprint density at radius 3 is 2.20 bits per heavy atom. The van der Waals surface area contributed by atoms with Gasteiger partial charge in [-0.2, -0.15) is 5.01 Å². The second-order valence-electron chi connectivity index (χ2n) is 7.95. The summed E-state index contributed by atoms with van der Waals surface area (Å²) >= 11 is 5.92. The van der Waals surface area contributed by atoms with Gasteiger partial charge in [0, 0.05) is 16.1 Å². The molecule has 2 aliphatic carbocycles. The van der Waals surface area contributed by atoms with Crippen LogP contribution >= 0.6 is 11.6 Å². The Kier molecular flexibility index (Phi) is 4.47. The first-order valence-electron chi connectivity index (χ1n) is 9.82. The number of fused-ring (bicyclic) bond motifs is 5. The highest BCUT2D eigenvalue weighted by Crippen LogP contribution is 2.52. The minimum Gasteiger partial charge on any atom is -0.272 e. The van der Waals surface area contributed by atoms with Crippen LogP contribution < -0.4 is 0 Å². The van der Waals surface area contributed by atoms with E-state index in [2.05, 4.69) is 0 Å². The Labute approximate surface area is 177 Å². The number of imide groups is 1. The Hall–Kier alpha value is -2.99. The molecule has 0 aromatic heterocycles. The van der Waals surface area contributed by atoms with E-state index in [1.54, 1.807) is 24.3 Å². The lowest BCUT2D eigenvalue weighted by atomic mass is 9.85. The number of hydrazine groups is 1. The molecule has 5 nitrogen and oxygen atoms in total. The number of carbonyl (C=O) groups is 3. The third kappa shape index (κ3) is 2.86. The lowest BCUT2D eigenvalue weighted by Gasteiger charge is -2.31. The first-order chi connectivity index (χ1) is 14.5. The van der Waals surface area contributed by atoms with Gasteiger partial charge < -0.3 is 0 Å². The van der Waals surface area contributed by atoms with Crippen molar-refractivity contribution < 1.29 is 18.8 Å². The van der Waals surface area contributed by atoms with Gasteiger partial charge in [-0.1, -0.05) is 42.0 Å². The molecular formula is C23H18ClFN2O3. The number of carbonyl (C=O) groups excluding carboxylic acids is 3. The van der Waals surface area contributed by atoms with Gasteiger partial charge in [0.25, 0.3) is 17.7 Å². The number of hydrogen-bond donors (Lipinski definition) is 0. The average Bonchev–Trinajstić information content (AvgIpc) is 3.42. The summed E-state index contributed by atoms with van der Waals surface area (Å²) in [5, 5.41) is 2.48. The van der Waals surface area contributed by atoms with Crippen molar-refractivity contribution in [2.24, 2.45) is 23.7 Å². The van der Waals surface area contributed by atoms with Crippen LogP contribution in [0.2, 0.25) is 5.02 Å². The van der Waals surface area contributed by atoms with Crippen molar-refractivity contribution in [2.45, 2.75) is 13.0 Å². The van der Waals surface area contributed by atoms with Gasteiger partial charge in [-0.25, -0.2) is 9.40 Å². The summed E-state index contributed by atoms with van der Waals surface area (Å²) in [5.74, 6) is -2.71. The average molecular weight is 425 g/mol. The fourth-order valence-corrected chi connectivity index (χ4v) is 5.01. The van der Waals surface area contributed by atoms with Crippen LogP contribution in [0.5, 0.6) is 0 Å². The zero-order valence-corrected chi connectivity index (χ0v) is 16.6. The molecule has 0 N–H and O–H groups in total. The molecule has 1 heterocycles. The molecule has 1 saturated carbocycles. The smallest absolute Gasteiger partial charge is 0.272 e. The predicted octanol–water partition coefficient (Wildman–Crippen LogP) is 3.84. The predicted molar refractivity (Wildman–Crippen MR) is 107 cm³/mol. The van der Waals surface area contributed by atoms with Crippen molar-refractivity contribution >= 4 is 29.3 Å². The zero-order chi connectivity index (χ0) is 21.0. The summed E-state index contributed by atoms with van der Waals surface area (Å²) in [4.78, 5) is 39.9. The summed E-state index contributed by atoms with van der Waals surface area (Å²) in [5.41, 5.74) is 0.480. The van der Waals surface area contributed by atoms with Crippen LogP contribution in [0, 0.1) is 29.5 Å². The fraction of sp³-hybridized carbons (Fsp3) is 0.261. The van der Waals surface area contributed by atoms with Crippen molar-refractivity contribution in [3.8, 4) is 0 Å². The Morgan fingerprint density at radius 1 is 1.00 bits per heavy atom. The lowest BCUT2D eigenvalue weighted by Crippen LogP contribution is -2.50. The van der Waals surface area contributed by atoms with E-state index < -0.39 is 23.6 Å². The maximum absolute atomic E-state index is 14.4. The first-order valence-corrected chi connectivity index (χ1v) is 10.2. The van der Waals surface area contributed by atoms with E-state index in [0.29, 0.717) is 5.02 Å². The van der Waals surface area contributed by atoms with Gasteiger partial charge in [0.2, 0.25) is 0 Å². The molecule has 2 aromatic rings. The fourth-order valence-electron chi connectivity index (χ4n) is 4.89. The highest BCUT2D eigenvalue weighted by molar-refractivity contribution is 6.30. The second kappa shape index (κ2) is 7.06. The summed E-state index contributed by atoms with van der Waals surface area (Å²) in [7, 11) is 0. The number of nitrogens with zero attached hydrogens (tertiary/aromatic N) is 2. The molecule has 1 aliphatic heterocycles. The molecule has 3 amide bonds. The molecule has 5 rings (SSSR count). The topological polar surface area (TPSA) is 57.7 Å². The summed E-state index contributed by atoms with van der Waals surface area (Å²) < 4.78 is 14.4. The highest BCUT2D eigenvalue weighted by Gasteiger charge is 2.61. The molecule has 0 unspecified atom stereocenters. The van der Waals surface area contributed by atoms with Crippen LogP contribution in [0.4, 0.5) is 4.39 Å². The first kappa shape index (κ1) is 19.0. The molecule has 152 valence electrons. The Bertz CT molecular complexity index is 1050. The maximum Gasteiger partial charge on any atom is 0.273 e.